The van der Waals surface area contributed by atoms with Crippen LogP contribution in [-0.4, -0.2) is 43.7 Å². The fourth-order valence-corrected chi connectivity index (χ4v) is 1.15. The van der Waals surface area contributed by atoms with Gasteiger partial charge in [0.15, 0.2) is 0 Å². The van der Waals surface area contributed by atoms with Crippen molar-refractivity contribution in [1.82, 2.24) is 4.90 Å². The highest BCUT2D eigenvalue weighted by molar-refractivity contribution is 5.79. The van der Waals surface area contributed by atoms with Gasteiger partial charge in [-0.1, -0.05) is 0 Å². The quantitative estimate of drug-likeness (QED) is 0.598. The molecule has 0 spiro atoms. The third-order valence-corrected chi connectivity index (χ3v) is 2.71. The van der Waals surface area contributed by atoms with Crippen LogP contribution in [0.3, 0.4) is 0 Å². The number of likely N-dealkylation sites (N-methyl/N-ethyl adjacent to an activating group) is 1. The van der Waals surface area contributed by atoms with Gasteiger partial charge in [0.05, 0.1) is 12.6 Å². The van der Waals surface area contributed by atoms with E-state index in [0.717, 1.165) is 19.1 Å². The predicted octanol–water partition coefficient (Wildman–Crippen LogP) is 0.219. The van der Waals surface area contributed by atoms with Crippen LogP contribution in [0.25, 0.3) is 0 Å². The number of carbonyl (C=O) groups is 1. The molecule has 1 amide bonds. The fraction of sp³-hybridized carbons (Fsp3) is 0.900. The molecule has 1 aliphatic carbocycles. The Kier molecular flexibility index (Phi) is 4.35. The zero-order valence-electron chi connectivity index (χ0n) is 9.03. The standard InChI is InChI=1S/C10H20N2O2/c1-8(10(11)13)12(2)5-6-14-7-9-3-4-9/h8-9H,3-7H2,1-2H3,(H2,11,13). The highest BCUT2D eigenvalue weighted by atomic mass is 16.5. The molecule has 0 radical (unpaired) electrons. The van der Waals surface area contributed by atoms with Crippen molar-refractivity contribution in [2.45, 2.75) is 25.8 Å². The summed E-state index contributed by atoms with van der Waals surface area (Å²) in [4.78, 5) is 12.7. The van der Waals surface area contributed by atoms with E-state index in [-0.39, 0.29) is 11.9 Å². The molecule has 0 aromatic rings. The lowest BCUT2D eigenvalue weighted by Crippen LogP contribution is -2.41. The number of ether oxygens (including phenoxy) is 1. The minimum Gasteiger partial charge on any atom is -0.380 e. The maximum atomic E-state index is 10.8. The van der Waals surface area contributed by atoms with Crippen molar-refractivity contribution < 1.29 is 9.53 Å². The van der Waals surface area contributed by atoms with Crippen LogP contribution in [-0.2, 0) is 9.53 Å². The highest BCUT2D eigenvalue weighted by Gasteiger charge is 2.21. The zero-order chi connectivity index (χ0) is 10.6. The van der Waals surface area contributed by atoms with Gasteiger partial charge < -0.3 is 10.5 Å². The summed E-state index contributed by atoms with van der Waals surface area (Å²) in [5.74, 6) is 0.517. The molecule has 1 fully saturated rings. The average molecular weight is 200 g/mol. The van der Waals surface area contributed by atoms with Gasteiger partial charge in [0.1, 0.15) is 0 Å². The molecule has 1 rings (SSSR count). The maximum Gasteiger partial charge on any atom is 0.234 e. The van der Waals surface area contributed by atoms with Gasteiger partial charge in [-0.3, -0.25) is 9.69 Å². The summed E-state index contributed by atoms with van der Waals surface area (Å²) in [5, 5.41) is 0. The number of amides is 1. The molecule has 0 saturated heterocycles. The molecule has 1 atom stereocenters. The Labute approximate surface area is 85.4 Å². The topological polar surface area (TPSA) is 55.6 Å². The summed E-state index contributed by atoms with van der Waals surface area (Å²) in [5.41, 5.74) is 5.18. The monoisotopic (exact) mass is 200 g/mol. The molecule has 14 heavy (non-hydrogen) atoms. The second-order valence-electron chi connectivity index (χ2n) is 4.08. The van der Waals surface area contributed by atoms with Crippen LogP contribution >= 0.6 is 0 Å². The van der Waals surface area contributed by atoms with Gasteiger partial charge in [-0.15, -0.1) is 0 Å². The van der Waals surface area contributed by atoms with Crippen LogP contribution in [0.4, 0.5) is 0 Å². The van der Waals surface area contributed by atoms with Crippen molar-refractivity contribution in [1.29, 1.82) is 0 Å². The first-order chi connectivity index (χ1) is 6.61. The summed E-state index contributed by atoms with van der Waals surface area (Å²) < 4.78 is 5.46. The van der Waals surface area contributed by atoms with Gasteiger partial charge in [-0.25, -0.2) is 0 Å². The molecule has 0 aromatic carbocycles. The summed E-state index contributed by atoms with van der Waals surface area (Å²) in [6.07, 6.45) is 2.63. The van der Waals surface area contributed by atoms with Gasteiger partial charge in [0.2, 0.25) is 5.91 Å². The Morgan fingerprint density at radius 3 is 2.79 bits per heavy atom. The first-order valence-electron chi connectivity index (χ1n) is 5.18. The molecule has 82 valence electrons. The van der Waals surface area contributed by atoms with Crippen molar-refractivity contribution in [3.63, 3.8) is 0 Å². The van der Waals surface area contributed by atoms with Crippen LogP contribution in [0.1, 0.15) is 19.8 Å². The Morgan fingerprint density at radius 1 is 1.64 bits per heavy atom. The van der Waals surface area contributed by atoms with E-state index in [0.29, 0.717) is 6.61 Å². The highest BCUT2D eigenvalue weighted by Crippen LogP contribution is 2.28. The summed E-state index contributed by atoms with van der Waals surface area (Å²) in [6.45, 7) is 4.13. The number of primary amides is 1. The molecule has 1 saturated carbocycles. The minimum absolute atomic E-state index is 0.209. The average Bonchev–Trinajstić information content (AvgIpc) is 2.94. The molecule has 1 aliphatic rings. The van der Waals surface area contributed by atoms with E-state index in [1.165, 1.54) is 12.8 Å². The second kappa shape index (κ2) is 5.32. The number of carbonyl (C=O) groups excluding carboxylic acids is 1. The number of nitrogens with two attached hydrogens (primary N) is 1. The Hall–Kier alpha value is -0.610. The van der Waals surface area contributed by atoms with E-state index in [1.54, 1.807) is 0 Å². The SMILES string of the molecule is CC(C(N)=O)N(C)CCOCC1CC1. The molecular formula is C10H20N2O2. The van der Waals surface area contributed by atoms with Gasteiger partial charge in [-0.2, -0.15) is 0 Å². The normalized spacial score (nSPS) is 18.5. The van der Waals surface area contributed by atoms with Crippen molar-refractivity contribution in [2.75, 3.05) is 26.8 Å². The van der Waals surface area contributed by atoms with Gasteiger partial charge in [-0.05, 0) is 32.7 Å². The van der Waals surface area contributed by atoms with Crippen LogP contribution in [0.2, 0.25) is 0 Å². The van der Waals surface area contributed by atoms with E-state index >= 15 is 0 Å². The second-order valence-corrected chi connectivity index (χ2v) is 4.08. The molecule has 0 aliphatic heterocycles. The maximum absolute atomic E-state index is 10.8. The van der Waals surface area contributed by atoms with Crippen molar-refractivity contribution in [3.8, 4) is 0 Å². The molecular weight excluding hydrogens is 180 g/mol. The lowest BCUT2D eigenvalue weighted by Gasteiger charge is -2.21. The molecule has 1 unspecified atom stereocenters. The molecule has 0 aromatic heterocycles. The fourth-order valence-electron chi connectivity index (χ4n) is 1.15. The van der Waals surface area contributed by atoms with Gasteiger partial charge in [0, 0.05) is 13.2 Å². The van der Waals surface area contributed by atoms with E-state index in [1.807, 2.05) is 18.9 Å². The van der Waals surface area contributed by atoms with Crippen LogP contribution < -0.4 is 5.73 Å². The lowest BCUT2D eigenvalue weighted by molar-refractivity contribution is -0.122. The molecule has 0 bridgehead atoms. The minimum atomic E-state index is -0.283. The largest absolute Gasteiger partial charge is 0.380 e. The molecule has 4 heteroatoms. The third-order valence-electron chi connectivity index (χ3n) is 2.71. The molecule has 2 N–H and O–H groups in total. The number of hydrogen-bond donors (Lipinski definition) is 1. The number of rotatable bonds is 7. The van der Waals surface area contributed by atoms with E-state index in [2.05, 4.69) is 0 Å². The van der Waals surface area contributed by atoms with Crippen LogP contribution in [0.5, 0.6) is 0 Å². The van der Waals surface area contributed by atoms with Crippen molar-refractivity contribution in [3.05, 3.63) is 0 Å². The molecule has 0 heterocycles. The Bertz CT molecular complexity index is 193. The van der Waals surface area contributed by atoms with Crippen LogP contribution in [0, 0.1) is 5.92 Å². The number of nitrogens with zero attached hydrogens (tertiary/aromatic N) is 1. The van der Waals surface area contributed by atoms with Gasteiger partial charge in [0.25, 0.3) is 0 Å². The third kappa shape index (κ3) is 4.07. The summed E-state index contributed by atoms with van der Waals surface area (Å²) in [6, 6.07) is -0.209. The van der Waals surface area contributed by atoms with E-state index < -0.39 is 0 Å². The van der Waals surface area contributed by atoms with Gasteiger partial charge >= 0.3 is 0 Å². The first-order valence-corrected chi connectivity index (χ1v) is 5.18. The van der Waals surface area contributed by atoms with Crippen LogP contribution in [0.15, 0.2) is 0 Å². The smallest absolute Gasteiger partial charge is 0.234 e. The molecule has 4 nitrogen and oxygen atoms in total. The van der Waals surface area contributed by atoms with E-state index in [4.69, 9.17) is 10.5 Å². The first kappa shape index (κ1) is 11.5. The zero-order valence-corrected chi connectivity index (χ0v) is 9.03. The van der Waals surface area contributed by atoms with Crippen molar-refractivity contribution >= 4 is 5.91 Å². The van der Waals surface area contributed by atoms with E-state index in [9.17, 15) is 4.79 Å². The summed E-state index contributed by atoms with van der Waals surface area (Å²) in [7, 11) is 1.88. The Balaban J connectivity index is 2.00. The Morgan fingerprint density at radius 2 is 2.29 bits per heavy atom. The van der Waals surface area contributed by atoms with Crippen molar-refractivity contribution in [2.24, 2.45) is 11.7 Å². The number of hydrogen-bond acceptors (Lipinski definition) is 3. The predicted molar refractivity (Wildman–Crippen MR) is 54.8 cm³/mol. The lowest BCUT2D eigenvalue weighted by atomic mass is 10.3. The summed E-state index contributed by atoms with van der Waals surface area (Å²) >= 11 is 0.